The molecule has 0 radical (unpaired) electrons. The molecule has 80 valence electrons. The molecule has 0 amide bonds. The molecule has 0 aliphatic rings. The molecule has 1 N–H and O–H groups in total. The van der Waals surface area contributed by atoms with Crippen LogP contribution in [0, 0.1) is 6.92 Å². The minimum atomic E-state index is -0.402. The van der Waals surface area contributed by atoms with Crippen LogP contribution in [0.15, 0.2) is 41.6 Å². The molecule has 0 saturated carbocycles. The van der Waals surface area contributed by atoms with Crippen molar-refractivity contribution >= 4 is 0 Å². The van der Waals surface area contributed by atoms with E-state index in [1.165, 1.54) is 18.5 Å². The maximum Gasteiger partial charge on any atom is 0.220 e. The van der Waals surface area contributed by atoms with Crippen LogP contribution in [-0.2, 0) is 0 Å². The molecule has 0 saturated heterocycles. The molecule has 1 aromatic heterocycles. The topological polar surface area (TPSA) is 63.1 Å². The largest absolute Gasteiger partial charge is 0.504 e. The fraction of sp³-hybridized carbons (Fsp3) is 0.0833. The zero-order valence-electron chi connectivity index (χ0n) is 8.71. The Morgan fingerprint density at radius 2 is 1.94 bits per heavy atom. The van der Waals surface area contributed by atoms with Gasteiger partial charge < -0.3 is 5.11 Å². The van der Waals surface area contributed by atoms with Crippen LogP contribution in [0.25, 0.3) is 11.1 Å². The highest BCUT2D eigenvalue weighted by Crippen LogP contribution is 2.19. The summed E-state index contributed by atoms with van der Waals surface area (Å²) in [5.41, 5.74) is 2.07. The summed E-state index contributed by atoms with van der Waals surface area (Å²) < 4.78 is 0. The van der Waals surface area contributed by atoms with E-state index < -0.39 is 5.43 Å². The Morgan fingerprint density at radius 3 is 2.69 bits per heavy atom. The first kappa shape index (κ1) is 10.3. The molecule has 4 heteroatoms. The molecular weight excluding hydrogens is 204 g/mol. The molecule has 0 unspecified atom stereocenters. The molecule has 1 aromatic carbocycles. The summed E-state index contributed by atoms with van der Waals surface area (Å²) in [6, 6.07) is 6.03. The minimum Gasteiger partial charge on any atom is -0.504 e. The van der Waals surface area contributed by atoms with E-state index in [2.05, 4.69) is 9.97 Å². The van der Waals surface area contributed by atoms with E-state index in [-0.39, 0.29) is 5.75 Å². The van der Waals surface area contributed by atoms with Gasteiger partial charge in [-0.25, -0.2) is 9.97 Å². The number of rotatable bonds is 1. The Morgan fingerprint density at radius 1 is 1.19 bits per heavy atom. The van der Waals surface area contributed by atoms with Crippen LogP contribution in [0.1, 0.15) is 5.69 Å². The van der Waals surface area contributed by atoms with Crippen LogP contribution >= 0.6 is 0 Å². The van der Waals surface area contributed by atoms with E-state index in [1.54, 1.807) is 18.3 Å². The van der Waals surface area contributed by atoms with Gasteiger partial charge in [-0.2, -0.15) is 0 Å². The van der Waals surface area contributed by atoms with E-state index >= 15 is 0 Å². The van der Waals surface area contributed by atoms with Crippen molar-refractivity contribution in [1.82, 2.24) is 9.97 Å². The number of aromatic nitrogens is 2. The third-order valence-corrected chi connectivity index (χ3v) is 2.31. The lowest BCUT2D eigenvalue weighted by molar-refractivity contribution is 0.471. The van der Waals surface area contributed by atoms with Gasteiger partial charge in [0, 0.05) is 17.5 Å². The molecule has 0 atom stereocenters. The second-order valence-electron chi connectivity index (χ2n) is 3.39. The molecule has 0 fully saturated rings. The van der Waals surface area contributed by atoms with E-state index in [1.807, 2.05) is 6.92 Å². The summed E-state index contributed by atoms with van der Waals surface area (Å²) in [7, 11) is 0. The summed E-state index contributed by atoms with van der Waals surface area (Å²) in [5.74, 6) is -0.263. The third kappa shape index (κ3) is 1.91. The zero-order chi connectivity index (χ0) is 11.5. The van der Waals surface area contributed by atoms with E-state index in [4.69, 9.17) is 0 Å². The number of aromatic hydroxyl groups is 1. The van der Waals surface area contributed by atoms with Crippen LogP contribution in [-0.4, -0.2) is 15.1 Å². The Bertz CT molecular complexity index is 582. The first-order valence-electron chi connectivity index (χ1n) is 4.79. The fourth-order valence-electron chi connectivity index (χ4n) is 1.41. The second kappa shape index (κ2) is 4.10. The van der Waals surface area contributed by atoms with Gasteiger partial charge in [-0.3, -0.25) is 4.79 Å². The predicted octanol–water partition coefficient (Wildman–Crippen LogP) is 1.52. The Labute approximate surface area is 92.3 Å². The summed E-state index contributed by atoms with van der Waals surface area (Å²) in [6.07, 6.45) is 3.15. The minimum absolute atomic E-state index is 0.263. The number of aryl methyl sites for hydroxylation is 1. The van der Waals surface area contributed by atoms with Crippen molar-refractivity contribution in [1.29, 1.82) is 0 Å². The highest BCUT2D eigenvalue weighted by Gasteiger charge is 2.02. The first-order chi connectivity index (χ1) is 7.68. The normalized spacial score (nSPS) is 10.1. The van der Waals surface area contributed by atoms with Gasteiger partial charge in [-0.15, -0.1) is 0 Å². The lowest BCUT2D eigenvalue weighted by Crippen LogP contribution is -1.91. The smallest absolute Gasteiger partial charge is 0.220 e. The molecule has 0 aliphatic heterocycles. The number of hydrogen-bond acceptors (Lipinski definition) is 4. The number of nitrogens with zero attached hydrogens (tertiary/aromatic N) is 2. The van der Waals surface area contributed by atoms with Gasteiger partial charge in [0.25, 0.3) is 0 Å². The van der Waals surface area contributed by atoms with Gasteiger partial charge >= 0.3 is 0 Å². The zero-order valence-corrected chi connectivity index (χ0v) is 8.71. The number of hydrogen-bond donors (Lipinski definition) is 1. The van der Waals surface area contributed by atoms with Gasteiger partial charge in [0.2, 0.25) is 5.43 Å². The molecular formula is C12H10N2O2. The highest BCUT2D eigenvalue weighted by atomic mass is 16.3. The van der Waals surface area contributed by atoms with Crippen molar-refractivity contribution in [3.8, 4) is 16.9 Å². The highest BCUT2D eigenvalue weighted by molar-refractivity contribution is 5.64. The van der Waals surface area contributed by atoms with Crippen LogP contribution in [0.5, 0.6) is 5.75 Å². The van der Waals surface area contributed by atoms with Gasteiger partial charge in [-0.1, -0.05) is 12.1 Å². The van der Waals surface area contributed by atoms with Crippen molar-refractivity contribution < 1.29 is 5.11 Å². The van der Waals surface area contributed by atoms with Gasteiger partial charge in [0.05, 0.1) is 0 Å². The van der Waals surface area contributed by atoms with Crippen LogP contribution in [0.2, 0.25) is 0 Å². The van der Waals surface area contributed by atoms with E-state index in [9.17, 15) is 9.90 Å². The van der Waals surface area contributed by atoms with Gasteiger partial charge in [0.15, 0.2) is 5.75 Å². The van der Waals surface area contributed by atoms with Gasteiger partial charge in [-0.05, 0) is 24.6 Å². The first-order valence-corrected chi connectivity index (χ1v) is 4.79. The summed E-state index contributed by atoms with van der Waals surface area (Å²) >= 11 is 0. The SMILES string of the molecule is Cc1ncncc1-c1ccc(O)c(=O)cc1. The lowest BCUT2D eigenvalue weighted by atomic mass is 10.1. The van der Waals surface area contributed by atoms with Crippen molar-refractivity contribution in [3.05, 3.63) is 52.7 Å². The summed E-state index contributed by atoms with van der Waals surface area (Å²) in [4.78, 5) is 19.2. The second-order valence-corrected chi connectivity index (χ2v) is 3.39. The van der Waals surface area contributed by atoms with Crippen molar-refractivity contribution in [3.63, 3.8) is 0 Å². The summed E-state index contributed by atoms with van der Waals surface area (Å²) in [5, 5.41) is 9.28. The molecule has 0 spiro atoms. The average Bonchev–Trinajstić information content (AvgIpc) is 2.44. The molecule has 16 heavy (non-hydrogen) atoms. The summed E-state index contributed by atoms with van der Waals surface area (Å²) in [6.45, 7) is 1.86. The predicted molar refractivity (Wildman–Crippen MR) is 60.1 cm³/mol. The Balaban J connectivity index is 2.63. The molecule has 0 aliphatic carbocycles. The van der Waals surface area contributed by atoms with E-state index in [0.717, 1.165) is 16.8 Å². The van der Waals surface area contributed by atoms with Crippen LogP contribution in [0.3, 0.4) is 0 Å². The lowest BCUT2D eigenvalue weighted by Gasteiger charge is -2.00. The van der Waals surface area contributed by atoms with Crippen molar-refractivity contribution in [2.45, 2.75) is 6.92 Å². The third-order valence-electron chi connectivity index (χ3n) is 2.31. The quantitative estimate of drug-likeness (QED) is 0.781. The van der Waals surface area contributed by atoms with E-state index in [0.29, 0.717) is 0 Å². The Kier molecular flexibility index (Phi) is 2.64. The molecule has 4 nitrogen and oxygen atoms in total. The molecule has 2 aromatic rings. The van der Waals surface area contributed by atoms with Crippen LogP contribution in [0.4, 0.5) is 0 Å². The van der Waals surface area contributed by atoms with Gasteiger partial charge in [0.1, 0.15) is 6.33 Å². The monoisotopic (exact) mass is 214 g/mol. The molecule has 1 heterocycles. The molecule has 0 bridgehead atoms. The van der Waals surface area contributed by atoms with Crippen molar-refractivity contribution in [2.75, 3.05) is 0 Å². The standard InChI is InChI=1S/C12H10N2O2/c1-8-10(6-13-7-14-8)9-2-4-11(15)12(16)5-3-9/h2-7H,1H3,(H,15,16). The Hall–Kier alpha value is -2.23. The fourth-order valence-corrected chi connectivity index (χ4v) is 1.41. The van der Waals surface area contributed by atoms with Crippen molar-refractivity contribution in [2.24, 2.45) is 0 Å². The average molecular weight is 214 g/mol. The maximum atomic E-state index is 11.2. The molecule has 2 rings (SSSR count). The maximum absolute atomic E-state index is 11.2. The van der Waals surface area contributed by atoms with Crippen LogP contribution < -0.4 is 5.43 Å².